The van der Waals surface area contributed by atoms with Crippen LogP contribution >= 0.6 is 0 Å². The molecule has 1 amide bonds. The SMILES string of the molecule is CC(C)=CC(=O)N1N=Cc2c(/C=C/C(=O)OC(C)(C)C)cccc2C1CC(=O)OC(C)(C)C. The lowest BCUT2D eigenvalue weighted by molar-refractivity contribution is -0.157. The fraction of sp³-hybridized carbons (Fsp3) is 0.462. The summed E-state index contributed by atoms with van der Waals surface area (Å²) in [6.45, 7) is 14.4. The van der Waals surface area contributed by atoms with Crippen molar-refractivity contribution in [2.24, 2.45) is 5.10 Å². The second-order valence-electron chi connectivity index (χ2n) is 10.2. The Hall–Kier alpha value is -3.22. The Morgan fingerprint density at radius 1 is 1.03 bits per heavy atom. The zero-order chi connectivity index (χ0) is 25.0. The standard InChI is InChI=1S/C26H34N2O5/c1-17(2)14-22(29)28-21(15-24(31)33-26(6,7)8)19-11-9-10-18(20(19)16-27-28)12-13-23(30)32-25(3,4)5/h9-14,16,21H,15H2,1-8H3/b13-12+. The summed E-state index contributed by atoms with van der Waals surface area (Å²) in [5.74, 6) is -1.21. The Bertz CT molecular complexity index is 1000. The van der Waals surface area contributed by atoms with Crippen molar-refractivity contribution in [2.45, 2.75) is 79.1 Å². The molecule has 0 bridgehead atoms. The lowest BCUT2D eigenvalue weighted by Crippen LogP contribution is -2.35. The number of esters is 2. The van der Waals surface area contributed by atoms with Crippen molar-refractivity contribution in [2.75, 3.05) is 0 Å². The molecule has 1 heterocycles. The molecule has 1 atom stereocenters. The molecule has 7 heteroatoms. The van der Waals surface area contributed by atoms with Crippen LogP contribution in [-0.2, 0) is 23.9 Å². The van der Waals surface area contributed by atoms with Crippen molar-refractivity contribution in [3.05, 3.63) is 52.6 Å². The average Bonchev–Trinajstić information content (AvgIpc) is 2.63. The summed E-state index contributed by atoms with van der Waals surface area (Å²) in [6, 6.07) is 4.86. The molecule has 0 saturated heterocycles. The van der Waals surface area contributed by atoms with Gasteiger partial charge in [0.2, 0.25) is 0 Å². The number of allylic oxidation sites excluding steroid dienone is 1. The molecule has 1 aliphatic rings. The molecule has 0 radical (unpaired) electrons. The third kappa shape index (κ3) is 8.00. The summed E-state index contributed by atoms with van der Waals surface area (Å²) in [7, 11) is 0. The van der Waals surface area contributed by atoms with Crippen LogP contribution in [0.5, 0.6) is 0 Å². The Kier molecular flexibility index (Phi) is 8.01. The zero-order valence-electron chi connectivity index (χ0n) is 20.8. The first-order chi connectivity index (χ1) is 15.2. The highest BCUT2D eigenvalue weighted by molar-refractivity contribution is 5.96. The summed E-state index contributed by atoms with van der Waals surface area (Å²) in [5.41, 5.74) is 1.79. The number of benzene rings is 1. The van der Waals surface area contributed by atoms with Gasteiger partial charge in [-0.3, -0.25) is 9.59 Å². The number of carbonyl (C=O) groups is 3. The number of hydrazone groups is 1. The maximum atomic E-state index is 12.8. The minimum Gasteiger partial charge on any atom is -0.460 e. The summed E-state index contributed by atoms with van der Waals surface area (Å²) in [5, 5.41) is 5.66. The molecule has 1 aliphatic heterocycles. The van der Waals surface area contributed by atoms with Crippen molar-refractivity contribution < 1.29 is 23.9 Å². The van der Waals surface area contributed by atoms with Gasteiger partial charge in [0.05, 0.1) is 18.7 Å². The van der Waals surface area contributed by atoms with E-state index in [-0.39, 0.29) is 12.3 Å². The minimum atomic E-state index is -0.648. The van der Waals surface area contributed by atoms with E-state index in [1.165, 1.54) is 17.2 Å². The Labute approximate surface area is 196 Å². The largest absolute Gasteiger partial charge is 0.460 e. The number of amides is 1. The lowest BCUT2D eigenvalue weighted by Gasteiger charge is -2.32. The molecule has 0 N–H and O–H groups in total. The normalized spacial score (nSPS) is 15.8. The molecule has 0 aromatic heterocycles. The van der Waals surface area contributed by atoms with Crippen LogP contribution in [0.1, 0.15) is 84.5 Å². The van der Waals surface area contributed by atoms with E-state index in [0.29, 0.717) is 0 Å². The predicted octanol–water partition coefficient (Wildman–Crippen LogP) is 4.96. The van der Waals surface area contributed by atoms with Crippen LogP contribution < -0.4 is 0 Å². The van der Waals surface area contributed by atoms with Crippen LogP contribution in [0.4, 0.5) is 0 Å². The Morgan fingerprint density at radius 2 is 1.67 bits per heavy atom. The highest BCUT2D eigenvalue weighted by atomic mass is 16.6. The molecule has 1 aromatic rings. The van der Waals surface area contributed by atoms with Crippen LogP contribution in [0.25, 0.3) is 6.08 Å². The van der Waals surface area contributed by atoms with Crippen molar-refractivity contribution in [3.63, 3.8) is 0 Å². The first-order valence-corrected chi connectivity index (χ1v) is 10.9. The third-order valence-corrected chi connectivity index (χ3v) is 4.36. The fourth-order valence-corrected chi connectivity index (χ4v) is 3.27. The topological polar surface area (TPSA) is 85.3 Å². The fourth-order valence-electron chi connectivity index (χ4n) is 3.27. The van der Waals surface area contributed by atoms with Gasteiger partial charge >= 0.3 is 11.9 Å². The van der Waals surface area contributed by atoms with Crippen LogP contribution in [-0.4, -0.2) is 40.3 Å². The molecule has 1 unspecified atom stereocenters. The first kappa shape index (κ1) is 26.0. The quantitative estimate of drug-likeness (QED) is 0.464. The van der Waals surface area contributed by atoms with Crippen LogP contribution in [0.3, 0.4) is 0 Å². The molecule has 7 nitrogen and oxygen atoms in total. The van der Waals surface area contributed by atoms with Crippen LogP contribution in [0.2, 0.25) is 0 Å². The number of nitrogens with zero attached hydrogens (tertiary/aromatic N) is 2. The van der Waals surface area contributed by atoms with E-state index >= 15 is 0 Å². The monoisotopic (exact) mass is 454 g/mol. The van der Waals surface area contributed by atoms with E-state index in [9.17, 15) is 14.4 Å². The van der Waals surface area contributed by atoms with Gasteiger partial charge in [-0.05, 0) is 72.6 Å². The van der Waals surface area contributed by atoms with E-state index in [0.717, 1.165) is 22.3 Å². The van der Waals surface area contributed by atoms with E-state index in [4.69, 9.17) is 9.47 Å². The van der Waals surface area contributed by atoms with Gasteiger partial charge < -0.3 is 9.47 Å². The number of rotatable bonds is 5. The van der Waals surface area contributed by atoms with Crippen molar-refractivity contribution in [3.8, 4) is 0 Å². The Balaban J connectivity index is 2.44. The van der Waals surface area contributed by atoms with Gasteiger partial charge in [0.1, 0.15) is 11.2 Å². The highest BCUT2D eigenvalue weighted by Gasteiger charge is 2.33. The van der Waals surface area contributed by atoms with Crippen LogP contribution in [0, 0.1) is 0 Å². The van der Waals surface area contributed by atoms with E-state index in [1.807, 2.05) is 32.0 Å². The van der Waals surface area contributed by atoms with E-state index in [1.54, 1.807) is 53.8 Å². The summed E-state index contributed by atoms with van der Waals surface area (Å²) >= 11 is 0. The molecule has 0 fully saturated rings. The summed E-state index contributed by atoms with van der Waals surface area (Å²) < 4.78 is 10.8. The predicted molar refractivity (Wildman–Crippen MR) is 128 cm³/mol. The van der Waals surface area contributed by atoms with Gasteiger partial charge in [0.25, 0.3) is 5.91 Å². The van der Waals surface area contributed by atoms with Gasteiger partial charge in [-0.15, -0.1) is 0 Å². The van der Waals surface area contributed by atoms with Gasteiger partial charge in [-0.25, -0.2) is 9.80 Å². The van der Waals surface area contributed by atoms with E-state index in [2.05, 4.69) is 5.10 Å². The van der Waals surface area contributed by atoms with Gasteiger partial charge in [-0.2, -0.15) is 5.10 Å². The van der Waals surface area contributed by atoms with Gasteiger partial charge in [-0.1, -0.05) is 23.8 Å². The number of fused-ring (bicyclic) bond motifs is 1. The summed E-state index contributed by atoms with van der Waals surface area (Å²) in [6.07, 6.45) is 6.02. The maximum Gasteiger partial charge on any atom is 0.331 e. The highest BCUT2D eigenvalue weighted by Crippen LogP contribution is 2.34. The second kappa shape index (κ2) is 10.1. The Morgan fingerprint density at radius 3 is 2.24 bits per heavy atom. The van der Waals surface area contributed by atoms with Crippen molar-refractivity contribution in [1.29, 1.82) is 0 Å². The van der Waals surface area contributed by atoms with Crippen LogP contribution in [0.15, 0.2) is 41.0 Å². The molecule has 0 aliphatic carbocycles. The zero-order valence-corrected chi connectivity index (χ0v) is 20.8. The maximum absolute atomic E-state index is 12.8. The third-order valence-electron chi connectivity index (χ3n) is 4.36. The number of hydrogen-bond donors (Lipinski definition) is 0. The first-order valence-electron chi connectivity index (χ1n) is 10.9. The van der Waals surface area contributed by atoms with Gasteiger partial charge in [0.15, 0.2) is 0 Å². The van der Waals surface area contributed by atoms with E-state index < -0.39 is 29.2 Å². The minimum absolute atomic E-state index is 0.0524. The molecule has 178 valence electrons. The number of carbonyl (C=O) groups excluding carboxylic acids is 3. The molecule has 0 spiro atoms. The average molecular weight is 455 g/mol. The molecule has 0 saturated carbocycles. The molecule has 2 rings (SSSR count). The second-order valence-corrected chi connectivity index (χ2v) is 10.2. The molecule has 1 aromatic carbocycles. The number of ether oxygens (including phenoxy) is 2. The van der Waals surface area contributed by atoms with Crippen molar-refractivity contribution >= 4 is 30.1 Å². The molecule has 33 heavy (non-hydrogen) atoms. The lowest BCUT2D eigenvalue weighted by atomic mass is 9.92. The van der Waals surface area contributed by atoms with Crippen molar-refractivity contribution in [1.82, 2.24) is 5.01 Å². The number of hydrogen-bond acceptors (Lipinski definition) is 6. The molecular weight excluding hydrogens is 420 g/mol. The molecular formula is C26H34N2O5. The summed E-state index contributed by atoms with van der Waals surface area (Å²) in [4.78, 5) is 37.6. The smallest absolute Gasteiger partial charge is 0.331 e. The van der Waals surface area contributed by atoms with Gasteiger partial charge in [0, 0.05) is 17.7 Å².